The standard InChI is InChI=1S/C25H36N2O4S/c1-5-26(14-20(28)16-30-18(2)3)15-25(29)27-12-10-24-21(11-13-32-24)22(27)17-31-23-9-7-6-8-19(23)4/h6-9,11,13,18,20,22,28H,5,10,12,14-17H2,1-4H3/t20-,22+/m1/s1. The fourth-order valence-electron chi connectivity index (χ4n) is 4.00. The molecule has 0 radical (unpaired) electrons. The average molecular weight is 461 g/mol. The van der Waals surface area contributed by atoms with Crippen LogP contribution in [0.15, 0.2) is 35.7 Å². The minimum absolute atomic E-state index is 0.0686. The van der Waals surface area contributed by atoms with Gasteiger partial charge in [0.15, 0.2) is 0 Å². The highest BCUT2D eigenvalue weighted by Crippen LogP contribution is 2.34. The number of ether oxygens (including phenoxy) is 2. The van der Waals surface area contributed by atoms with Crippen molar-refractivity contribution in [2.24, 2.45) is 0 Å². The van der Waals surface area contributed by atoms with Gasteiger partial charge in [-0.25, -0.2) is 0 Å². The molecule has 2 atom stereocenters. The largest absolute Gasteiger partial charge is 0.491 e. The average Bonchev–Trinajstić information content (AvgIpc) is 3.25. The summed E-state index contributed by atoms with van der Waals surface area (Å²) >= 11 is 1.75. The second kappa shape index (κ2) is 11.8. The Balaban J connectivity index is 1.66. The Labute approximate surface area is 195 Å². The van der Waals surface area contributed by atoms with E-state index in [4.69, 9.17) is 9.47 Å². The molecule has 3 rings (SSSR count). The highest BCUT2D eigenvalue weighted by atomic mass is 32.1. The molecule has 32 heavy (non-hydrogen) atoms. The van der Waals surface area contributed by atoms with Crippen molar-refractivity contribution < 1.29 is 19.4 Å². The molecule has 6 nitrogen and oxygen atoms in total. The van der Waals surface area contributed by atoms with E-state index in [0.29, 0.717) is 26.2 Å². The van der Waals surface area contributed by atoms with Gasteiger partial charge in [0.25, 0.3) is 0 Å². The first-order valence-corrected chi connectivity index (χ1v) is 12.3. The number of likely N-dealkylation sites (N-methyl/N-ethyl adjacent to an activating group) is 1. The van der Waals surface area contributed by atoms with Crippen LogP contribution in [0, 0.1) is 6.92 Å². The molecule has 0 saturated carbocycles. The monoisotopic (exact) mass is 460 g/mol. The SMILES string of the molecule is CCN(CC(=O)N1CCc2sccc2[C@@H]1COc1ccccc1C)C[C@@H](O)COC(C)C. The van der Waals surface area contributed by atoms with Crippen LogP contribution in [0.1, 0.15) is 42.8 Å². The zero-order chi connectivity index (χ0) is 23.1. The first kappa shape index (κ1) is 24.7. The summed E-state index contributed by atoms with van der Waals surface area (Å²) in [4.78, 5) is 18.6. The number of aliphatic hydroxyl groups is 1. The van der Waals surface area contributed by atoms with Gasteiger partial charge in [-0.15, -0.1) is 11.3 Å². The van der Waals surface area contributed by atoms with Crippen molar-refractivity contribution in [2.75, 3.05) is 39.4 Å². The lowest BCUT2D eigenvalue weighted by molar-refractivity contribution is -0.136. The van der Waals surface area contributed by atoms with Crippen molar-refractivity contribution in [3.8, 4) is 5.75 Å². The molecule has 1 N–H and O–H groups in total. The number of aliphatic hydroxyl groups excluding tert-OH is 1. The van der Waals surface area contributed by atoms with Crippen molar-refractivity contribution in [1.29, 1.82) is 0 Å². The number of nitrogens with zero attached hydrogens (tertiary/aromatic N) is 2. The van der Waals surface area contributed by atoms with E-state index in [9.17, 15) is 9.90 Å². The third-order valence-corrected chi connectivity index (χ3v) is 6.80. The Kier molecular flexibility index (Phi) is 9.11. The fourth-order valence-corrected chi connectivity index (χ4v) is 4.93. The van der Waals surface area contributed by atoms with E-state index < -0.39 is 6.10 Å². The number of para-hydroxylation sites is 1. The van der Waals surface area contributed by atoms with Crippen LogP contribution in [0.3, 0.4) is 0 Å². The topological polar surface area (TPSA) is 62.2 Å². The summed E-state index contributed by atoms with van der Waals surface area (Å²) in [5.41, 5.74) is 2.28. The van der Waals surface area contributed by atoms with Gasteiger partial charge in [0, 0.05) is 18.0 Å². The van der Waals surface area contributed by atoms with Crippen LogP contribution >= 0.6 is 11.3 Å². The lowest BCUT2D eigenvalue weighted by Crippen LogP contribution is -2.48. The minimum Gasteiger partial charge on any atom is -0.491 e. The van der Waals surface area contributed by atoms with Gasteiger partial charge in [0.05, 0.1) is 31.4 Å². The second-order valence-corrected chi connectivity index (χ2v) is 9.59. The molecule has 7 heteroatoms. The number of rotatable bonds is 11. The van der Waals surface area contributed by atoms with Gasteiger partial charge in [-0.05, 0) is 62.4 Å². The molecule has 0 spiro atoms. The highest BCUT2D eigenvalue weighted by Gasteiger charge is 2.33. The molecule has 0 saturated heterocycles. The predicted octanol–water partition coefficient (Wildman–Crippen LogP) is 3.67. The van der Waals surface area contributed by atoms with Gasteiger partial charge in [-0.3, -0.25) is 9.69 Å². The zero-order valence-electron chi connectivity index (χ0n) is 19.6. The number of aryl methyl sites for hydroxylation is 1. The van der Waals surface area contributed by atoms with Crippen molar-refractivity contribution in [3.63, 3.8) is 0 Å². The molecule has 0 fully saturated rings. The van der Waals surface area contributed by atoms with Crippen LogP contribution in [-0.4, -0.2) is 72.4 Å². The van der Waals surface area contributed by atoms with Crippen LogP contribution in [-0.2, 0) is 16.0 Å². The van der Waals surface area contributed by atoms with E-state index in [1.807, 2.05) is 61.8 Å². The third-order valence-electron chi connectivity index (χ3n) is 5.80. The molecule has 0 aliphatic carbocycles. The quantitative estimate of drug-likeness (QED) is 0.554. The van der Waals surface area contributed by atoms with E-state index in [-0.39, 0.29) is 31.2 Å². The first-order chi connectivity index (χ1) is 15.4. The van der Waals surface area contributed by atoms with Gasteiger partial charge in [0.1, 0.15) is 12.4 Å². The number of fused-ring (bicyclic) bond motifs is 1. The molecule has 1 aliphatic rings. The number of carbonyl (C=O) groups is 1. The molecule has 2 aromatic rings. The zero-order valence-corrected chi connectivity index (χ0v) is 20.4. The summed E-state index contributed by atoms with van der Waals surface area (Å²) in [6, 6.07) is 9.98. The number of hydrogen-bond donors (Lipinski definition) is 1. The molecule has 1 aromatic carbocycles. The Morgan fingerprint density at radius 1 is 1.31 bits per heavy atom. The van der Waals surface area contributed by atoms with Crippen molar-refractivity contribution in [1.82, 2.24) is 9.80 Å². The fraction of sp³-hybridized carbons (Fsp3) is 0.560. The molecule has 176 valence electrons. The molecular formula is C25H36N2O4S. The normalized spacial score (nSPS) is 17.0. The number of thiophene rings is 1. The summed E-state index contributed by atoms with van der Waals surface area (Å²) in [5, 5.41) is 12.4. The van der Waals surface area contributed by atoms with E-state index in [1.165, 1.54) is 10.4 Å². The van der Waals surface area contributed by atoms with Crippen LogP contribution in [0.5, 0.6) is 5.75 Å². The number of carbonyl (C=O) groups excluding carboxylic acids is 1. The van der Waals surface area contributed by atoms with Crippen molar-refractivity contribution in [3.05, 3.63) is 51.7 Å². The second-order valence-electron chi connectivity index (χ2n) is 8.59. The Morgan fingerprint density at radius 3 is 2.81 bits per heavy atom. The molecule has 1 amide bonds. The first-order valence-electron chi connectivity index (χ1n) is 11.4. The van der Waals surface area contributed by atoms with E-state index in [0.717, 1.165) is 17.7 Å². The third kappa shape index (κ3) is 6.54. The predicted molar refractivity (Wildman–Crippen MR) is 128 cm³/mol. The maximum absolute atomic E-state index is 13.4. The van der Waals surface area contributed by atoms with Crippen LogP contribution in [0.4, 0.5) is 0 Å². The molecule has 1 aliphatic heterocycles. The molecular weight excluding hydrogens is 424 g/mol. The maximum Gasteiger partial charge on any atom is 0.237 e. The highest BCUT2D eigenvalue weighted by molar-refractivity contribution is 7.10. The van der Waals surface area contributed by atoms with E-state index in [2.05, 4.69) is 11.4 Å². The van der Waals surface area contributed by atoms with Gasteiger partial charge in [-0.1, -0.05) is 25.1 Å². The van der Waals surface area contributed by atoms with Crippen molar-refractivity contribution in [2.45, 2.75) is 52.4 Å². The summed E-state index contributed by atoms with van der Waals surface area (Å²) in [7, 11) is 0. The van der Waals surface area contributed by atoms with Gasteiger partial charge in [0.2, 0.25) is 5.91 Å². The van der Waals surface area contributed by atoms with Crippen molar-refractivity contribution >= 4 is 17.2 Å². The summed E-state index contributed by atoms with van der Waals surface area (Å²) in [6.45, 7) is 10.7. The maximum atomic E-state index is 13.4. The lowest BCUT2D eigenvalue weighted by atomic mass is 10.0. The Morgan fingerprint density at radius 2 is 2.09 bits per heavy atom. The Hall–Kier alpha value is -1.93. The summed E-state index contributed by atoms with van der Waals surface area (Å²) in [6.07, 6.45) is 0.329. The van der Waals surface area contributed by atoms with Crippen LogP contribution in [0.25, 0.3) is 0 Å². The smallest absolute Gasteiger partial charge is 0.237 e. The van der Waals surface area contributed by atoms with E-state index in [1.54, 1.807) is 11.3 Å². The van der Waals surface area contributed by atoms with Crippen LogP contribution in [0.2, 0.25) is 0 Å². The molecule has 0 bridgehead atoms. The molecule has 1 aromatic heterocycles. The number of hydrogen-bond acceptors (Lipinski definition) is 6. The van der Waals surface area contributed by atoms with Gasteiger partial charge < -0.3 is 19.5 Å². The lowest BCUT2D eigenvalue weighted by Gasteiger charge is -2.37. The molecule has 0 unspecified atom stereocenters. The Bertz CT molecular complexity index is 869. The summed E-state index contributed by atoms with van der Waals surface area (Å²) in [5.74, 6) is 0.921. The summed E-state index contributed by atoms with van der Waals surface area (Å²) < 4.78 is 11.7. The number of benzene rings is 1. The van der Waals surface area contributed by atoms with Crippen LogP contribution < -0.4 is 4.74 Å². The minimum atomic E-state index is -0.616. The van der Waals surface area contributed by atoms with E-state index >= 15 is 0 Å². The van der Waals surface area contributed by atoms with Gasteiger partial charge in [-0.2, -0.15) is 0 Å². The van der Waals surface area contributed by atoms with Gasteiger partial charge >= 0.3 is 0 Å². The number of amides is 1. The molecule has 2 heterocycles.